The fourth-order valence-electron chi connectivity index (χ4n) is 6.20. The Bertz CT molecular complexity index is 999. The molecular formula is C22H27F3N4OS. The van der Waals surface area contributed by atoms with E-state index in [2.05, 4.69) is 31.2 Å². The highest BCUT2D eigenvalue weighted by molar-refractivity contribution is 7.10. The summed E-state index contributed by atoms with van der Waals surface area (Å²) in [6, 6.07) is 3.07. The van der Waals surface area contributed by atoms with Gasteiger partial charge in [-0.3, -0.25) is 4.79 Å². The van der Waals surface area contributed by atoms with Crippen LogP contribution in [0.4, 0.5) is 19.0 Å². The first-order chi connectivity index (χ1) is 14.4. The quantitative estimate of drug-likeness (QED) is 0.641. The van der Waals surface area contributed by atoms with Crippen LogP contribution in [0.25, 0.3) is 0 Å². The molecule has 2 aromatic heterocycles. The smallest absolute Gasteiger partial charge is 0.363 e. The van der Waals surface area contributed by atoms with E-state index in [0.717, 1.165) is 28.8 Å². The van der Waals surface area contributed by atoms with Crippen molar-refractivity contribution in [3.8, 4) is 0 Å². The molecule has 2 fully saturated rings. The number of halogens is 3. The van der Waals surface area contributed by atoms with Crippen LogP contribution < -0.4 is 5.32 Å². The van der Waals surface area contributed by atoms with E-state index in [-0.39, 0.29) is 40.7 Å². The zero-order valence-corrected chi connectivity index (χ0v) is 18.7. The summed E-state index contributed by atoms with van der Waals surface area (Å²) in [6.07, 6.45) is -1.70. The van der Waals surface area contributed by atoms with Crippen LogP contribution in [0.2, 0.25) is 0 Å². The van der Waals surface area contributed by atoms with Gasteiger partial charge in [0.25, 0.3) is 5.91 Å². The summed E-state index contributed by atoms with van der Waals surface area (Å²) >= 11 is 1.43. The SMILES string of the molecule is CC1(C)C[C@H]2C[C@@](C)(CN2C(=O)c2cc3n(n2)[C@H](C(F)(F)F)C[C@@H](c2cccs2)N3)C1. The minimum Gasteiger partial charge on any atom is -0.363 e. The molecule has 4 atom stereocenters. The topological polar surface area (TPSA) is 50.2 Å². The molecular weight excluding hydrogens is 425 g/mol. The lowest BCUT2D eigenvalue weighted by Crippen LogP contribution is -2.38. The van der Waals surface area contributed by atoms with Gasteiger partial charge in [-0.25, -0.2) is 4.68 Å². The average molecular weight is 453 g/mol. The van der Waals surface area contributed by atoms with Crippen molar-refractivity contribution in [1.29, 1.82) is 0 Å². The maximum Gasteiger partial charge on any atom is 0.410 e. The van der Waals surface area contributed by atoms with Gasteiger partial charge in [-0.05, 0) is 41.5 Å². The first-order valence-corrected chi connectivity index (χ1v) is 11.6. The van der Waals surface area contributed by atoms with Crippen LogP contribution in [0.1, 0.15) is 73.9 Å². The van der Waals surface area contributed by atoms with Gasteiger partial charge in [0.1, 0.15) is 5.82 Å². The van der Waals surface area contributed by atoms with E-state index in [0.29, 0.717) is 6.54 Å². The summed E-state index contributed by atoms with van der Waals surface area (Å²) < 4.78 is 42.6. The van der Waals surface area contributed by atoms with Crippen LogP contribution in [0.3, 0.4) is 0 Å². The van der Waals surface area contributed by atoms with E-state index >= 15 is 0 Å². The number of carbonyl (C=O) groups excluding carboxylic acids is 1. The second kappa shape index (κ2) is 6.73. The molecule has 1 N–H and O–H groups in total. The fourth-order valence-corrected chi connectivity index (χ4v) is 6.99. The lowest BCUT2D eigenvalue weighted by Gasteiger charge is -2.39. The molecule has 2 bridgehead atoms. The van der Waals surface area contributed by atoms with Gasteiger partial charge in [-0.1, -0.05) is 26.8 Å². The molecule has 1 saturated carbocycles. The van der Waals surface area contributed by atoms with Crippen LogP contribution in [-0.4, -0.2) is 39.4 Å². The molecule has 0 radical (unpaired) electrons. The van der Waals surface area contributed by atoms with E-state index in [1.165, 1.54) is 17.4 Å². The predicted molar refractivity (Wildman–Crippen MR) is 113 cm³/mol. The monoisotopic (exact) mass is 452 g/mol. The number of likely N-dealkylation sites (tertiary alicyclic amines) is 1. The summed E-state index contributed by atoms with van der Waals surface area (Å²) in [5.41, 5.74) is 0.299. The third-order valence-electron chi connectivity index (χ3n) is 6.97. The van der Waals surface area contributed by atoms with Gasteiger partial charge >= 0.3 is 6.18 Å². The number of alkyl halides is 3. The molecule has 0 spiro atoms. The molecule has 0 unspecified atom stereocenters. The van der Waals surface area contributed by atoms with Crippen LogP contribution in [0.15, 0.2) is 23.6 Å². The largest absolute Gasteiger partial charge is 0.410 e. The number of aromatic nitrogens is 2. The molecule has 5 rings (SSSR count). The van der Waals surface area contributed by atoms with Gasteiger partial charge < -0.3 is 10.2 Å². The van der Waals surface area contributed by atoms with Gasteiger partial charge in [0.15, 0.2) is 11.7 Å². The Morgan fingerprint density at radius 2 is 2.06 bits per heavy atom. The zero-order valence-electron chi connectivity index (χ0n) is 17.9. The highest BCUT2D eigenvalue weighted by Gasteiger charge is 2.52. The van der Waals surface area contributed by atoms with E-state index in [1.807, 2.05) is 22.4 Å². The van der Waals surface area contributed by atoms with Crippen molar-refractivity contribution >= 4 is 23.1 Å². The Balaban J connectivity index is 1.46. The first kappa shape index (κ1) is 20.8. The minimum atomic E-state index is -4.44. The lowest BCUT2D eigenvalue weighted by atomic mass is 9.65. The van der Waals surface area contributed by atoms with Gasteiger partial charge in [0, 0.05) is 30.0 Å². The van der Waals surface area contributed by atoms with Gasteiger partial charge in [-0.15, -0.1) is 11.3 Å². The molecule has 4 heterocycles. The summed E-state index contributed by atoms with van der Waals surface area (Å²) in [5.74, 6) is -0.00671. The van der Waals surface area contributed by atoms with Crippen molar-refractivity contribution in [3.05, 3.63) is 34.2 Å². The Kier molecular flexibility index (Phi) is 4.53. The molecule has 9 heteroatoms. The highest BCUT2D eigenvalue weighted by Crippen LogP contribution is 2.53. The number of nitrogens with zero attached hydrogens (tertiary/aromatic N) is 3. The molecule has 2 aliphatic heterocycles. The van der Waals surface area contributed by atoms with E-state index < -0.39 is 18.3 Å². The molecule has 0 aromatic carbocycles. The van der Waals surface area contributed by atoms with Crippen LogP contribution >= 0.6 is 11.3 Å². The van der Waals surface area contributed by atoms with Crippen molar-refractivity contribution in [2.24, 2.45) is 10.8 Å². The van der Waals surface area contributed by atoms with Crippen molar-refractivity contribution in [2.75, 3.05) is 11.9 Å². The second-order valence-electron chi connectivity index (χ2n) is 10.5. The maximum absolute atomic E-state index is 13.9. The van der Waals surface area contributed by atoms with E-state index in [1.54, 1.807) is 0 Å². The van der Waals surface area contributed by atoms with Crippen LogP contribution in [0, 0.1) is 10.8 Å². The lowest BCUT2D eigenvalue weighted by molar-refractivity contribution is -0.173. The average Bonchev–Trinajstić information content (AvgIpc) is 3.35. The fraction of sp³-hybridized carbons (Fsp3) is 0.636. The standard InChI is InChI=1S/C22H27F3N4OS/c1-20(2)9-13-10-21(3,11-20)12-28(13)19(30)15-8-18-26-14(16-5-4-6-31-16)7-17(22(23,24)25)29(18)27-15/h4-6,8,13-14,17,26H,7,9-12H2,1-3H3/t13-,14-,17-,21+/m0/s1. The van der Waals surface area contributed by atoms with Crippen molar-refractivity contribution in [3.63, 3.8) is 0 Å². The number of thiophene rings is 1. The summed E-state index contributed by atoms with van der Waals surface area (Å²) in [7, 11) is 0. The van der Waals surface area contributed by atoms with Crippen molar-refractivity contribution in [2.45, 2.75) is 70.8 Å². The Hall–Kier alpha value is -2.03. The molecule has 1 aliphatic carbocycles. The minimum absolute atomic E-state index is 0.0540. The number of hydrogen-bond acceptors (Lipinski definition) is 4. The number of rotatable bonds is 2. The predicted octanol–water partition coefficient (Wildman–Crippen LogP) is 5.65. The van der Waals surface area contributed by atoms with E-state index in [4.69, 9.17) is 0 Å². The normalized spacial score (nSPS) is 31.9. The molecule has 168 valence electrons. The summed E-state index contributed by atoms with van der Waals surface area (Å²) in [6.45, 7) is 7.29. The van der Waals surface area contributed by atoms with Crippen molar-refractivity contribution < 1.29 is 18.0 Å². The number of fused-ring (bicyclic) bond motifs is 3. The molecule has 1 saturated heterocycles. The maximum atomic E-state index is 13.9. The van der Waals surface area contributed by atoms with Gasteiger partial charge in [-0.2, -0.15) is 18.3 Å². The Morgan fingerprint density at radius 3 is 2.74 bits per heavy atom. The highest BCUT2D eigenvalue weighted by atomic mass is 32.1. The zero-order chi connectivity index (χ0) is 22.2. The van der Waals surface area contributed by atoms with Crippen molar-refractivity contribution in [1.82, 2.24) is 14.7 Å². The number of nitrogens with one attached hydrogen (secondary N) is 1. The molecule has 1 amide bonds. The number of anilines is 1. The third kappa shape index (κ3) is 3.64. The summed E-state index contributed by atoms with van der Waals surface area (Å²) in [5, 5.41) is 9.21. The molecule has 5 nitrogen and oxygen atoms in total. The molecule has 3 aliphatic rings. The van der Waals surface area contributed by atoms with Crippen LogP contribution in [0.5, 0.6) is 0 Å². The molecule has 31 heavy (non-hydrogen) atoms. The number of hydrogen-bond donors (Lipinski definition) is 1. The van der Waals surface area contributed by atoms with Crippen LogP contribution in [-0.2, 0) is 0 Å². The number of carbonyl (C=O) groups is 1. The van der Waals surface area contributed by atoms with Gasteiger partial charge in [0.05, 0.1) is 6.04 Å². The Labute approximate surface area is 183 Å². The van der Waals surface area contributed by atoms with Gasteiger partial charge in [0.2, 0.25) is 0 Å². The summed E-state index contributed by atoms with van der Waals surface area (Å²) in [4.78, 5) is 16.1. The first-order valence-electron chi connectivity index (χ1n) is 10.7. The third-order valence-corrected chi connectivity index (χ3v) is 7.96. The Morgan fingerprint density at radius 1 is 1.29 bits per heavy atom. The second-order valence-corrected chi connectivity index (χ2v) is 11.5. The molecule has 2 aromatic rings. The van der Waals surface area contributed by atoms with E-state index in [9.17, 15) is 18.0 Å². The number of amides is 1.